The maximum Gasteiger partial charge on any atom is 0.233 e. The molecular formula is C24H26N4O2S. The number of benzene rings is 2. The van der Waals surface area contributed by atoms with Crippen molar-refractivity contribution in [3.63, 3.8) is 0 Å². The molecule has 0 saturated carbocycles. The molecule has 0 spiro atoms. The van der Waals surface area contributed by atoms with Crippen LogP contribution in [0.2, 0.25) is 0 Å². The molecule has 0 fully saturated rings. The SMILES string of the molecule is CC(C)c1ccc(-n2cnnc2SCC(=O)N2CC=C(c3ccc(O)cc3)CC2)cc1. The molecule has 3 aromatic rings. The van der Waals surface area contributed by atoms with Gasteiger partial charge < -0.3 is 10.0 Å². The summed E-state index contributed by atoms with van der Waals surface area (Å²) in [4.78, 5) is 14.6. The fourth-order valence-electron chi connectivity index (χ4n) is 3.57. The van der Waals surface area contributed by atoms with E-state index in [4.69, 9.17) is 0 Å². The second kappa shape index (κ2) is 9.39. The van der Waals surface area contributed by atoms with E-state index in [9.17, 15) is 9.90 Å². The second-order valence-electron chi connectivity index (χ2n) is 7.88. The Balaban J connectivity index is 1.36. The van der Waals surface area contributed by atoms with E-state index in [1.165, 1.54) is 22.9 Å². The van der Waals surface area contributed by atoms with Gasteiger partial charge in [-0.2, -0.15) is 0 Å². The van der Waals surface area contributed by atoms with Gasteiger partial charge in [-0.15, -0.1) is 10.2 Å². The summed E-state index contributed by atoms with van der Waals surface area (Å²) >= 11 is 1.41. The Morgan fingerprint density at radius 2 is 1.87 bits per heavy atom. The highest BCUT2D eigenvalue weighted by Gasteiger charge is 2.19. The zero-order chi connectivity index (χ0) is 21.8. The van der Waals surface area contributed by atoms with Gasteiger partial charge in [-0.1, -0.05) is 56.0 Å². The van der Waals surface area contributed by atoms with Gasteiger partial charge in [0.2, 0.25) is 5.91 Å². The molecule has 1 amide bonds. The predicted octanol–water partition coefficient (Wildman–Crippen LogP) is 4.50. The lowest BCUT2D eigenvalue weighted by molar-refractivity contribution is -0.127. The van der Waals surface area contributed by atoms with Crippen LogP contribution in [0.3, 0.4) is 0 Å². The number of hydrogen-bond donors (Lipinski definition) is 1. The zero-order valence-corrected chi connectivity index (χ0v) is 18.5. The summed E-state index contributed by atoms with van der Waals surface area (Å²) in [6.07, 6.45) is 4.58. The van der Waals surface area contributed by atoms with Crippen molar-refractivity contribution >= 4 is 23.2 Å². The second-order valence-corrected chi connectivity index (χ2v) is 8.83. The van der Waals surface area contributed by atoms with Gasteiger partial charge in [0.05, 0.1) is 5.75 Å². The molecule has 160 valence electrons. The predicted molar refractivity (Wildman–Crippen MR) is 123 cm³/mol. The number of rotatable bonds is 6. The molecule has 0 atom stereocenters. The van der Waals surface area contributed by atoms with Crippen LogP contribution >= 0.6 is 11.8 Å². The molecular weight excluding hydrogens is 408 g/mol. The van der Waals surface area contributed by atoms with Crippen LogP contribution in [-0.4, -0.2) is 49.5 Å². The van der Waals surface area contributed by atoms with Gasteiger partial charge in [0.15, 0.2) is 5.16 Å². The maximum atomic E-state index is 12.7. The molecule has 1 aromatic heterocycles. The Morgan fingerprint density at radius 1 is 1.13 bits per heavy atom. The van der Waals surface area contributed by atoms with E-state index in [1.807, 2.05) is 21.6 Å². The van der Waals surface area contributed by atoms with Crippen LogP contribution in [0.15, 0.2) is 66.1 Å². The van der Waals surface area contributed by atoms with Gasteiger partial charge in [-0.25, -0.2) is 0 Å². The van der Waals surface area contributed by atoms with Gasteiger partial charge in [-0.3, -0.25) is 9.36 Å². The molecule has 31 heavy (non-hydrogen) atoms. The molecule has 1 aliphatic heterocycles. The first-order valence-electron chi connectivity index (χ1n) is 10.4. The number of nitrogens with zero attached hydrogens (tertiary/aromatic N) is 4. The monoisotopic (exact) mass is 434 g/mol. The van der Waals surface area contributed by atoms with Crippen molar-refractivity contribution < 1.29 is 9.90 Å². The van der Waals surface area contributed by atoms with Crippen LogP contribution in [0.1, 0.15) is 37.3 Å². The molecule has 2 aromatic carbocycles. The van der Waals surface area contributed by atoms with Crippen molar-refractivity contribution in [2.24, 2.45) is 0 Å². The van der Waals surface area contributed by atoms with Gasteiger partial charge >= 0.3 is 0 Å². The summed E-state index contributed by atoms with van der Waals surface area (Å²) in [7, 11) is 0. The number of thioether (sulfide) groups is 1. The third-order valence-electron chi connectivity index (χ3n) is 5.48. The summed E-state index contributed by atoms with van der Waals surface area (Å²) in [5.41, 5.74) is 4.58. The lowest BCUT2D eigenvalue weighted by Gasteiger charge is -2.26. The van der Waals surface area contributed by atoms with Crippen molar-refractivity contribution in [2.75, 3.05) is 18.8 Å². The summed E-state index contributed by atoms with van der Waals surface area (Å²) in [6, 6.07) is 15.6. The van der Waals surface area contributed by atoms with E-state index in [0.29, 0.717) is 29.9 Å². The van der Waals surface area contributed by atoms with Crippen molar-refractivity contribution in [2.45, 2.75) is 31.3 Å². The van der Waals surface area contributed by atoms with E-state index in [-0.39, 0.29) is 11.7 Å². The summed E-state index contributed by atoms with van der Waals surface area (Å²) in [5, 5.41) is 18.4. The molecule has 0 aliphatic carbocycles. The summed E-state index contributed by atoms with van der Waals surface area (Å²) < 4.78 is 1.92. The van der Waals surface area contributed by atoms with Crippen LogP contribution in [0.25, 0.3) is 11.3 Å². The number of hydrogen-bond acceptors (Lipinski definition) is 5. The molecule has 6 nitrogen and oxygen atoms in total. The van der Waals surface area contributed by atoms with Gasteiger partial charge in [0.1, 0.15) is 12.1 Å². The normalized spacial score (nSPS) is 14.0. The van der Waals surface area contributed by atoms with E-state index in [0.717, 1.165) is 17.7 Å². The molecule has 4 rings (SSSR count). The first kappa shape index (κ1) is 21.2. The highest BCUT2D eigenvalue weighted by Crippen LogP contribution is 2.26. The van der Waals surface area contributed by atoms with E-state index in [2.05, 4.69) is 54.4 Å². The van der Waals surface area contributed by atoms with E-state index < -0.39 is 0 Å². The Kier molecular flexibility index (Phi) is 6.42. The quantitative estimate of drug-likeness (QED) is 0.578. The minimum atomic E-state index is 0.0933. The van der Waals surface area contributed by atoms with Crippen LogP contribution in [-0.2, 0) is 4.79 Å². The average Bonchev–Trinajstić information content (AvgIpc) is 3.27. The van der Waals surface area contributed by atoms with Crippen molar-refractivity contribution in [1.82, 2.24) is 19.7 Å². The Morgan fingerprint density at radius 3 is 2.52 bits per heavy atom. The summed E-state index contributed by atoms with van der Waals surface area (Å²) in [5.74, 6) is 1.16. The topological polar surface area (TPSA) is 71.2 Å². The van der Waals surface area contributed by atoms with Gasteiger partial charge in [0.25, 0.3) is 0 Å². The minimum Gasteiger partial charge on any atom is -0.508 e. The largest absolute Gasteiger partial charge is 0.508 e. The maximum absolute atomic E-state index is 12.7. The van der Waals surface area contributed by atoms with Crippen molar-refractivity contribution in [3.8, 4) is 11.4 Å². The Hall–Kier alpha value is -3.06. The molecule has 1 aliphatic rings. The lowest BCUT2D eigenvalue weighted by atomic mass is 9.99. The fourth-order valence-corrected chi connectivity index (χ4v) is 4.40. The smallest absolute Gasteiger partial charge is 0.233 e. The Bertz CT molecular complexity index is 1070. The first-order valence-corrected chi connectivity index (χ1v) is 11.4. The van der Waals surface area contributed by atoms with Crippen LogP contribution < -0.4 is 0 Å². The standard InChI is InChI=1S/C24H26N4O2S/c1-17(2)18-3-7-21(8-4-18)28-16-25-26-24(28)31-15-23(30)27-13-11-20(12-14-27)19-5-9-22(29)10-6-19/h3-11,16-17,29H,12-15H2,1-2H3. The van der Waals surface area contributed by atoms with Gasteiger partial charge in [0, 0.05) is 18.8 Å². The van der Waals surface area contributed by atoms with Crippen LogP contribution in [0.4, 0.5) is 0 Å². The lowest BCUT2D eigenvalue weighted by Crippen LogP contribution is -2.35. The highest BCUT2D eigenvalue weighted by molar-refractivity contribution is 7.99. The molecule has 0 bridgehead atoms. The third-order valence-corrected chi connectivity index (χ3v) is 6.41. The number of aromatic hydroxyl groups is 1. The first-order chi connectivity index (χ1) is 15.0. The van der Waals surface area contributed by atoms with Crippen molar-refractivity contribution in [1.29, 1.82) is 0 Å². The molecule has 0 saturated heterocycles. The average molecular weight is 435 g/mol. The number of carbonyl (C=O) groups is 1. The number of amides is 1. The van der Waals surface area contributed by atoms with Gasteiger partial charge in [-0.05, 0) is 53.3 Å². The minimum absolute atomic E-state index is 0.0933. The molecule has 0 unspecified atom stereocenters. The zero-order valence-electron chi connectivity index (χ0n) is 17.7. The molecule has 1 N–H and O–H groups in total. The number of aromatic nitrogens is 3. The Labute approximate surface area is 186 Å². The number of phenolic OH excluding ortho intramolecular Hbond substituents is 1. The third kappa shape index (κ3) is 4.99. The van der Waals surface area contributed by atoms with Crippen molar-refractivity contribution in [3.05, 3.63) is 72.1 Å². The molecule has 7 heteroatoms. The summed E-state index contributed by atoms with van der Waals surface area (Å²) in [6.45, 7) is 5.63. The molecule has 2 heterocycles. The van der Waals surface area contributed by atoms with E-state index in [1.54, 1.807) is 18.5 Å². The number of carbonyl (C=O) groups excluding carboxylic acids is 1. The van der Waals surface area contributed by atoms with E-state index >= 15 is 0 Å². The number of phenols is 1. The highest BCUT2D eigenvalue weighted by atomic mass is 32.2. The van der Waals surface area contributed by atoms with Crippen LogP contribution in [0.5, 0.6) is 5.75 Å². The fraction of sp³-hybridized carbons (Fsp3) is 0.292. The van der Waals surface area contributed by atoms with Crippen LogP contribution in [0, 0.1) is 0 Å². The molecule has 0 radical (unpaired) electrons.